The lowest BCUT2D eigenvalue weighted by Gasteiger charge is -2.08. The van der Waals surface area contributed by atoms with Crippen molar-refractivity contribution in [1.29, 1.82) is 0 Å². The molecule has 1 amide bonds. The number of carbonyl (C=O) groups excluding carboxylic acids is 1. The van der Waals surface area contributed by atoms with E-state index in [1.165, 1.54) is 5.56 Å². The third-order valence-electron chi connectivity index (χ3n) is 3.33. The summed E-state index contributed by atoms with van der Waals surface area (Å²) < 4.78 is 6.28. The Bertz CT molecular complexity index is 655. The predicted octanol–water partition coefficient (Wildman–Crippen LogP) is 3.31. The van der Waals surface area contributed by atoms with Crippen molar-refractivity contribution in [2.24, 2.45) is 0 Å². The summed E-state index contributed by atoms with van der Waals surface area (Å²) in [5.41, 5.74) is 2.96. The van der Waals surface area contributed by atoms with Crippen LogP contribution in [0.15, 0.2) is 46.9 Å². The van der Waals surface area contributed by atoms with E-state index in [-0.39, 0.29) is 5.91 Å². The second-order valence-electron chi connectivity index (χ2n) is 4.70. The van der Waals surface area contributed by atoms with Crippen molar-refractivity contribution in [2.45, 2.75) is 13.0 Å². The first-order valence-electron chi connectivity index (χ1n) is 6.51. The molecule has 0 aromatic heterocycles. The van der Waals surface area contributed by atoms with Gasteiger partial charge in [0.25, 0.3) is 5.91 Å². The Balaban J connectivity index is 1.68. The van der Waals surface area contributed by atoms with Crippen molar-refractivity contribution in [2.75, 3.05) is 6.61 Å². The molecule has 3 rings (SSSR count). The fourth-order valence-electron chi connectivity index (χ4n) is 2.27. The molecule has 0 unspecified atom stereocenters. The number of rotatable bonds is 3. The Labute approximate surface area is 126 Å². The van der Waals surface area contributed by atoms with Crippen molar-refractivity contribution in [3.63, 3.8) is 0 Å². The van der Waals surface area contributed by atoms with Crippen molar-refractivity contribution in [3.8, 4) is 5.75 Å². The molecule has 0 saturated carbocycles. The fraction of sp³-hybridized carbons (Fsp3) is 0.188. The van der Waals surface area contributed by atoms with Crippen molar-refractivity contribution in [1.82, 2.24) is 5.32 Å². The van der Waals surface area contributed by atoms with Crippen LogP contribution in [0.1, 0.15) is 21.5 Å². The van der Waals surface area contributed by atoms with Gasteiger partial charge < -0.3 is 10.1 Å². The van der Waals surface area contributed by atoms with Gasteiger partial charge in [-0.25, -0.2) is 0 Å². The van der Waals surface area contributed by atoms with Gasteiger partial charge in [0, 0.05) is 17.4 Å². The molecule has 1 N–H and O–H groups in total. The van der Waals surface area contributed by atoms with Gasteiger partial charge in [0.1, 0.15) is 5.75 Å². The van der Waals surface area contributed by atoms with Gasteiger partial charge in [-0.3, -0.25) is 4.79 Å². The quantitative estimate of drug-likeness (QED) is 0.936. The molecule has 1 aliphatic heterocycles. The van der Waals surface area contributed by atoms with Crippen LogP contribution in [0.3, 0.4) is 0 Å². The average Bonchev–Trinajstić information content (AvgIpc) is 2.92. The highest BCUT2D eigenvalue weighted by Crippen LogP contribution is 2.25. The van der Waals surface area contributed by atoms with Crippen LogP contribution in [0.4, 0.5) is 0 Å². The molecule has 0 radical (unpaired) electrons. The van der Waals surface area contributed by atoms with Crippen LogP contribution >= 0.6 is 15.9 Å². The van der Waals surface area contributed by atoms with Gasteiger partial charge >= 0.3 is 0 Å². The SMILES string of the molecule is O=C(NCc1ccc2c(c1)CCO2)c1ccccc1Br. The van der Waals surface area contributed by atoms with Crippen LogP contribution in [0.25, 0.3) is 0 Å². The topological polar surface area (TPSA) is 38.3 Å². The van der Waals surface area contributed by atoms with E-state index in [1.54, 1.807) is 6.07 Å². The van der Waals surface area contributed by atoms with E-state index < -0.39 is 0 Å². The molecule has 20 heavy (non-hydrogen) atoms. The molecular formula is C16H14BrNO2. The monoisotopic (exact) mass is 331 g/mol. The molecule has 1 aliphatic rings. The van der Waals surface area contributed by atoms with Gasteiger partial charge in [0.15, 0.2) is 0 Å². The molecule has 0 fully saturated rings. The fourth-order valence-corrected chi connectivity index (χ4v) is 2.74. The highest BCUT2D eigenvalue weighted by molar-refractivity contribution is 9.10. The first kappa shape index (κ1) is 13.2. The zero-order valence-electron chi connectivity index (χ0n) is 10.9. The number of halogens is 1. The zero-order chi connectivity index (χ0) is 13.9. The summed E-state index contributed by atoms with van der Waals surface area (Å²) in [5.74, 6) is 0.889. The molecule has 3 nitrogen and oxygen atoms in total. The van der Waals surface area contributed by atoms with E-state index in [2.05, 4.69) is 27.3 Å². The molecule has 102 valence electrons. The maximum atomic E-state index is 12.1. The minimum Gasteiger partial charge on any atom is -0.493 e. The normalized spacial score (nSPS) is 12.7. The Kier molecular flexibility index (Phi) is 3.74. The van der Waals surface area contributed by atoms with Crippen LogP contribution in [-0.4, -0.2) is 12.5 Å². The Morgan fingerprint density at radius 2 is 2.10 bits per heavy atom. The Morgan fingerprint density at radius 1 is 1.25 bits per heavy atom. The lowest BCUT2D eigenvalue weighted by atomic mass is 10.1. The van der Waals surface area contributed by atoms with Gasteiger partial charge in [0.05, 0.1) is 12.2 Å². The number of carbonyl (C=O) groups is 1. The lowest BCUT2D eigenvalue weighted by Crippen LogP contribution is -2.23. The third-order valence-corrected chi connectivity index (χ3v) is 4.02. The lowest BCUT2D eigenvalue weighted by molar-refractivity contribution is 0.0950. The summed E-state index contributed by atoms with van der Waals surface area (Å²) in [4.78, 5) is 12.1. The average molecular weight is 332 g/mol. The number of benzene rings is 2. The standard InChI is InChI=1S/C16H14BrNO2/c17-14-4-2-1-3-13(14)16(19)18-10-11-5-6-15-12(9-11)7-8-20-15/h1-6,9H,7-8,10H2,(H,18,19). The summed E-state index contributed by atoms with van der Waals surface area (Å²) in [7, 11) is 0. The van der Waals surface area contributed by atoms with Gasteiger partial charge in [-0.1, -0.05) is 24.3 Å². The predicted molar refractivity (Wildman–Crippen MR) is 81.0 cm³/mol. The highest BCUT2D eigenvalue weighted by Gasteiger charge is 2.13. The molecule has 0 bridgehead atoms. The Morgan fingerprint density at radius 3 is 2.95 bits per heavy atom. The first-order chi connectivity index (χ1) is 9.74. The second-order valence-corrected chi connectivity index (χ2v) is 5.56. The van der Waals surface area contributed by atoms with Crippen molar-refractivity contribution < 1.29 is 9.53 Å². The molecule has 0 atom stereocenters. The van der Waals surface area contributed by atoms with Crippen LogP contribution in [-0.2, 0) is 13.0 Å². The third kappa shape index (κ3) is 2.70. The summed E-state index contributed by atoms with van der Waals surface area (Å²) in [6, 6.07) is 13.5. The number of ether oxygens (including phenoxy) is 1. The summed E-state index contributed by atoms with van der Waals surface area (Å²) in [5, 5.41) is 2.94. The number of nitrogens with one attached hydrogen (secondary N) is 1. The molecular weight excluding hydrogens is 318 g/mol. The van der Waals surface area contributed by atoms with Crippen molar-refractivity contribution in [3.05, 3.63) is 63.6 Å². The van der Waals surface area contributed by atoms with E-state index in [4.69, 9.17) is 4.74 Å². The van der Waals surface area contributed by atoms with Gasteiger partial charge in [-0.2, -0.15) is 0 Å². The number of fused-ring (bicyclic) bond motifs is 1. The van der Waals surface area contributed by atoms with Gasteiger partial charge in [-0.05, 0) is 45.3 Å². The van der Waals surface area contributed by atoms with Gasteiger partial charge in [-0.15, -0.1) is 0 Å². The van der Waals surface area contributed by atoms with Crippen LogP contribution in [0.5, 0.6) is 5.75 Å². The molecule has 4 heteroatoms. The molecule has 0 spiro atoms. The van der Waals surface area contributed by atoms with Crippen LogP contribution < -0.4 is 10.1 Å². The maximum Gasteiger partial charge on any atom is 0.252 e. The smallest absolute Gasteiger partial charge is 0.252 e. The minimum absolute atomic E-state index is 0.0748. The molecule has 1 heterocycles. The minimum atomic E-state index is -0.0748. The van der Waals surface area contributed by atoms with E-state index in [0.717, 1.165) is 28.8 Å². The molecule has 0 saturated heterocycles. The largest absolute Gasteiger partial charge is 0.493 e. The van der Waals surface area contributed by atoms with Crippen LogP contribution in [0.2, 0.25) is 0 Å². The van der Waals surface area contributed by atoms with E-state index in [1.807, 2.05) is 30.3 Å². The van der Waals surface area contributed by atoms with E-state index in [0.29, 0.717) is 12.1 Å². The van der Waals surface area contributed by atoms with E-state index in [9.17, 15) is 4.79 Å². The van der Waals surface area contributed by atoms with Crippen LogP contribution in [0, 0.1) is 0 Å². The number of amides is 1. The number of hydrogen-bond acceptors (Lipinski definition) is 2. The summed E-state index contributed by atoms with van der Waals surface area (Å²) in [6.45, 7) is 1.27. The van der Waals surface area contributed by atoms with Gasteiger partial charge in [0.2, 0.25) is 0 Å². The molecule has 2 aromatic carbocycles. The van der Waals surface area contributed by atoms with Crippen molar-refractivity contribution >= 4 is 21.8 Å². The Hall–Kier alpha value is -1.81. The molecule has 2 aromatic rings. The highest BCUT2D eigenvalue weighted by atomic mass is 79.9. The first-order valence-corrected chi connectivity index (χ1v) is 7.30. The number of hydrogen-bond donors (Lipinski definition) is 1. The maximum absolute atomic E-state index is 12.1. The summed E-state index contributed by atoms with van der Waals surface area (Å²) in [6.07, 6.45) is 0.946. The van der Waals surface area contributed by atoms with E-state index >= 15 is 0 Å². The zero-order valence-corrected chi connectivity index (χ0v) is 12.4. The molecule has 0 aliphatic carbocycles. The second kappa shape index (κ2) is 5.67. The summed E-state index contributed by atoms with van der Waals surface area (Å²) >= 11 is 3.39.